The van der Waals surface area contributed by atoms with E-state index in [1.165, 1.54) is 45.1 Å². The topological polar surface area (TPSA) is 15.3 Å². The van der Waals surface area contributed by atoms with Crippen LogP contribution in [0.5, 0.6) is 0 Å². The van der Waals surface area contributed by atoms with Crippen molar-refractivity contribution in [1.29, 1.82) is 0 Å². The maximum Gasteiger partial charge on any atom is 0.0243 e. The van der Waals surface area contributed by atoms with Crippen molar-refractivity contribution in [1.82, 2.24) is 10.2 Å². The van der Waals surface area contributed by atoms with Crippen LogP contribution in [0.1, 0.15) is 58.8 Å². The molecule has 2 aliphatic heterocycles. The summed E-state index contributed by atoms with van der Waals surface area (Å²) in [5, 5.41) is 3.71. The molecule has 2 heteroatoms. The Bertz CT molecular complexity index is 280. The molecule has 2 nitrogen and oxygen atoms in total. The minimum absolute atomic E-state index is 0.625. The van der Waals surface area contributed by atoms with E-state index >= 15 is 0 Å². The van der Waals surface area contributed by atoms with Crippen LogP contribution in [-0.2, 0) is 0 Å². The van der Waals surface area contributed by atoms with Crippen molar-refractivity contribution in [2.45, 2.75) is 83.0 Å². The maximum absolute atomic E-state index is 5.53. The second-order valence-corrected chi connectivity index (χ2v) is 5.92. The van der Waals surface area contributed by atoms with Crippen LogP contribution in [0.2, 0.25) is 0 Å². The zero-order chi connectivity index (χ0) is 13.0. The Balaban J connectivity index is 1.95. The minimum atomic E-state index is 0.625. The molecule has 0 aromatic rings. The SMILES string of the molecule is C#CCC(CC)N1C2CCC1CC(NCCC)C2. The van der Waals surface area contributed by atoms with Crippen molar-refractivity contribution < 1.29 is 0 Å². The fourth-order valence-corrected chi connectivity index (χ4v) is 3.92. The van der Waals surface area contributed by atoms with Crippen LogP contribution < -0.4 is 5.32 Å². The second kappa shape index (κ2) is 6.59. The number of nitrogens with one attached hydrogen (secondary N) is 1. The Labute approximate surface area is 113 Å². The van der Waals surface area contributed by atoms with Gasteiger partial charge in [-0.1, -0.05) is 13.8 Å². The average Bonchev–Trinajstić information content (AvgIpc) is 2.64. The van der Waals surface area contributed by atoms with Gasteiger partial charge >= 0.3 is 0 Å². The van der Waals surface area contributed by atoms with Gasteiger partial charge in [-0.2, -0.15) is 0 Å². The Hall–Kier alpha value is -0.520. The van der Waals surface area contributed by atoms with Gasteiger partial charge in [0.25, 0.3) is 0 Å². The van der Waals surface area contributed by atoms with Gasteiger partial charge in [0.15, 0.2) is 0 Å². The van der Waals surface area contributed by atoms with Crippen LogP contribution in [0.15, 0.2) is 0 Å². The first-order chi connectivity index (χ1) is 8.80. The van der Waals surface area contributed by atoms with Crippen molar-refractivity contribution in [2.75, 3.05) is 6.54 Å². The standard InChI is InChI=1S/C16H28N2/c1-4-7-14(6-3)18-15-8-9-16(18)12-13(11-15)17-10-5-2/h1,13-17H,5-12H2,2-3H3. The summed E-state index contributed by atoms with van der Waals surface area (Å²) >= 11 is 0. The Morgan fingerprint density at radius 2 is 1.94 bits per heavy atom. The molecule has 18 heavy (non-hydrogen) atoms. The molecule has 0 aliphatic carbocycles. The third-order valence-corrected chi connectivity index (χ3v) is 4.72. The molecule has 102 valence electrons. The third kappa shape index (κ3) is 2.90. The maximum atomic E-state index is 5.53. The van der Waals surface area contributed by atoms with Crippen molar-refractivity contribution >= 4 is 0 Å². The van der Waals surface area contributed by atoms with Crippen molar-refractivity contribution in [2.24, 2.45) is 0 Å². The predicted octanol–water partition coefficient (Wildman–Crippen LogP) is 2.78. The molecule has 2 bridgehead atoms. The summed E-state index contributed by atoms with van der Waals surface area (Å²) in [5.74, 6) is 2.87. The lowest BCUT2D eigenvalue weighted by Crippen LogP contribution is -2.52. The van der Waals surface area contributed by atoms with Gasteiger partial charge < -0.3 is 5.32 Å². The molecule has 3 atom stereocenters. The van der Waals surface area contributed by atoms with Crippen LogP contribution in [0.3, 0.4) is 0 Å². The number of fused-ring (bicyclic) bond motifs is 2. The first kappa shape index (κ1) is 13.9. The number of piperidine rings is 1. The van der Waals surface area contributed by atoms with Gasteiger partial charge in [0.1, 0.15) is 0 Å². The number of terminal acetylenes is 1. The molecule has 0 amide bonds. The molecule has 0 radical (unpaired) electrons. The van der Waals surface area contributed by atoms with Crippen LogP contribution in [0, 0.1) is 12.3 Å². The van der Waals surface area contributed by atoms with E-state index in [4.69, 9.17) is 6.42 Å². The summed E-state index contributed by atoms with van der Waals surface area (Å²) in [7, 11) is 0. The van der Waals surface area contributed by atoms with E-state index in [-0.39, 0.29) is 0 Å². The van der Waals surface area contributed by atoms with E-state index in [0.717, 1.165) is 24.5 Å². The summed E-state index contributed by atoms with van der Waals surface area (Å²) in [6, 6.07) is 2.95. The lowest BCUT2D eigenvalue weighted by molar-refractivity contribution is 0.0696. The minimum Gasteiger partial charge on any atom is -0.314 e. The van der Waals surface area contributed by atoms with Crippen molar-refractivity contribution in [3.63, 3.8) is 0 Å². The zero-order valence-corrected chi connectivity index (χ0v) is 12.0. The highest BCUT2D eigenvalue weighted by molar-refractivity contribution is 5.02. The average molecular weight is 248 g/mol. The highest BCUT2D eigenvalue weighted by Crippen LogP contribution is 2.38. The summed E-state index contributed by atoms with van der Waals surface area (Å²) in [4.78, 5) is 2.77. The van der Waals surface area contributed by atoms with Crippen LogP contribution >= 0.6 is 0 Å². The van der Waals surface area contributed by atoms with Gasteiger partial charge in [-0.25, -0.2) is 0 Å². The van der Waals surface area contributed by atoms with E-state index in [0.29, 0.717) is 6.04 Å². The monoisotopic (exact) mass is 248 g/mol. The molecular weight excluding hydrogens is 220 g/mol. The Kier molecular flexibility index (Phi) is 5.09. The number of hydrogen-bond donors (Lipinski definition) is 1. The first-order valence-corrected chi connectivity index (χ1v) is 7.74. The smallest absolute Gasteiger partial charge is 0.0243 e. The van der Waals surface area contributed by atoms with E-state index in [1.54, 1.807) is 0 Å². The molecule has 2 saturated heterocycles. The van der Waals surface area contributed by atoms with Gasteiger partial charge in [0.05, 0.1) is 0 Å². The fourth-order valence-electron chi connectivity index (χ4n) is 3.92. The number of nitrogens with zero attached hydrogens (tertiary/aromatic N) is 1. The second-order valence-electron chi connectivity index (χ2n) is 5.92. The Morgan fingerprint density at radius 3 is 2.44 bits per heavy atom. The fraction of sp³-hybridized carbons (Fsp3) is 0.875. The van der Waals surface area contributed by atoms with Crippen molar-refractivity contribution in [3.05, 3.63) is 0 Å². The molecule has 3 unspecified atom stereocenters. The summed E-state index contributed by atoms with van der Waals surface area (Å²) in [6.45, 7) is 5.70. The number of hydrogen-bond acceptors (Lipinski definition) is 2. The van der Waals surface area contributed by atoms with Gasteiger partial charge in [-0.15, -0.1) is 12.3 Å². The largest absolute Gasteiger partial charge is 0.314 e. The van der Waals surface area contributed by atoms with Gasteiger partial charge in [-0.05, 0) is 45.1 Å². The van der Waals surface area contributed by atoms with Crippen LogP contribution in [0.25, 0.3) is 0 Å². The molecule has 0 spiro atoms. The summed E-state index contributed by atoms with van der Waals surface area (Å²) in [6.07, 6.45) is 14.3. The number of rotatable bonds is 6. The first-order valence-electron chi connectivity index (χ1n) is 7.74. The van der Waals surface area contributed by atoms with E-state index in [1.807, 2.05) is 0 Å². The van der Waals surface area contributed by atoms with Crippen LogP contribution in [0.4, 0.5) is 0 Å². The molecule has 2 heterocycles. The quantitative estimate of drug-likeness (QED) is 0.727. The highest BCUT2D eigenvalue weighted by atomic mass is 15.3. The van der Waals surface area contributed by atoms with Crippen LogP contribution in [-0.4, -0.2) is 35.6 Å². The van der Waals surface area contributed by atoms with E-state index in [9.17, 15) is 0 Å². The van der Waals surface area contributed by atoms with Gasteiger partial charge in [0.2, 0.25) is 0 Å². The molecule has 2 aliphatic rings. The zero-order valence-electron chi connectivity index (χ0n) is 12.0. The highest BCUT2D eigenvalue weighted by Gasteiger charge is 2.42. The molecule has 2 fully saturated rings. The molecule has 2 rings (SSSR count). The Morgan fingerprint density at radius 1 is 1.28 bits per heavy atom. The van der Waals surface area contributed by atoms with Gasteiger partial charge in [0, 0.05) is 30.6 Å². The van der Waals surface area contributed by atoms with E-state index in [2.05, 4.69) is 30.0 Å². The summed E-state index contributed by atoms with van der Waals surface area (Å²) in [5.41, 5.74) is 0. The molecule has 0 saturated carbocycles. The normalized spacial score (nSPS) is 33.3. The third-order valence-electron chi connectivity index (χ3n) is 4.72. The molecular formula is C16H28N2. The van der Waals surface area contributed by atoms with Crippen molar-refractivity contribution in [3.8, 4) is 12.3 Å². The lowest BCUT2D eigenvalue weighted by atomic mass is 9.93. The molecule has 1 N–H and O–H groups in total. The molecule has 0 aromatic carbocycles. The molecule has 0 aromatic heterocycles. The van der Waals surface area contributed by atoms with Gasteiger partial charge in [-0.3, -0.25) is 4.90 Å². The van der Waals surface area contributed by atoms with E-state index < -0.39 is 0 Å². The predicted molar refractivity (Wildman–Crippen MR) is 77.5 cm³/mol. The lowest BCUT2D eigenvalue weighted by Gasteiger charge is -2.43. The summed E-state index contributed by atoms with van der Waals surface area (Å²) < 4.78 is 0.